The highest BCUT2D eigenvalue weighted by atomic mass is 35.6. The highest BCUT2D eigenvalue weighted by molar-refractivity contribution is 6.69. The summed E-state index contributed by atoms with van der Waals surface area (Å²) in [6.07, 6.45) is 2.36. The van der Waals surface area contributed by atoms with E-state index in [2.05, 4.69) is 6.58 Å². The number of ether oxygens (including phenoxy) is 1. The van der Waals surface area contributed by atoms with Gasteiger partial charge in [-0.1, -0.05) is 59.6 Å². The molecule has 0 heterocycles. The van der Waals surface area contributed by atoms with Crippen LogP contribution in [0.3, 0.4) is 0 Å². The van der Waals surface area contributed by atoms with Crippen molar-refractivity contribution < 1.29 is 19.1 Å². The Morgan fingerprint density at radius 2 is 1.64 bits per heavy atom. The largest absolute Gasteiger partial charge is 0.497 e. The minimum absolute atomic E-state index is 0.259. The lowest BCUT2D eigenvalue weighted by Gasteiger charge is -2.07. The summed E-state index contributed by atoms with van der Waals surface area (Å²) in [5, 5.41) is 0. The average molecular weight is 406 g/mol. The van der Waals surface area contributed by atoms with Gasteiger partial charge in [-0.3, -0.25) is 14.4 Å². The highest BCUT2D eigenvalue weighted by Gasteiger charge is 2.23. The van der Waals surface area contributed by atoms with Gasteiger partial charge in [0, 0.05) is 0 Å². The minimum atomic E-state index is -1.83. The van der Waals surface area contributed by atoms with Crippen molar-refractivity contribution in [2.45, 2.75) is 24.1 Å². The van der Waals surface area contributed by atoms with Crippen LogP contribution in [0.25, 0.3) is 6.08 Å². The number of methoxy groups -OCH3 is 1. The van der Waals surface area contributed by atoms with Crippen molar-refractivity contribution in [3.05, 3.63) is 48.1 Å². The molecule has 0 aromatic heterocycles. The standard InChI is InChI=1S/C9H9Cl3O3.C9H10O/c1-5(13)3-8(15)7(6(2)14)4-9(10,11)12;1-3-8-4-6-9(10-2)7-5-8/h4H,3H2,1-2H3;3-7H,1H2,2H3. The second-order valence-corrected chi connectivity index (χ2v) is 7.30. The number of carbonyl (C=O) groups is 3. The first kappa shape index (κ1) is 23.4. The zero-order valence-corrected chi connectivity index (χ0v) is 16.4. The fraction of sp³-hybridized carbons (Fsp3) is 0.278. The van der Waals surface area contributed by atoms with Crippen molar-refractivity contribution in [3.8, 4) is 5.75 Å². The molecule has 7 heteroatoms. The molecule has 0 fully saturated rings. The number of carbonyl (C=O) groups excluding carboxylic acids is 3. The SMILES string of the molecule is C=Cc1ccc(OC)cc1.CC(=O)CC(=O)C(=CC(Cl)(Cl)Cl)C(C)=O. The van der Waals surface area contributed by atoms with Crippen molar-refractivity contribution in [1.29, 1.82) is 0 Å². The third-order valence-corrected chi connectivity index (χ3v) is 3.08. The zero-order chi connectivity index (χ0) is 19.6. The lowest BCUT2D eigenvalue weighted by Crippen LogP contribution is -2.16. The molecule has 0 N–H and O–H groups in total. The summed E-state index contributed by atoms with van der Waals surface area (Å²) in [7, 11) is 1.66. The van der Waals surface area contributed by atoms with Gasteiger partial charge in [-0.2, -0.15) is 0 Å². The van der Waals surface area contributed by atoms with Crippen LogP contribution in [0.5, 0.6) is 5.75 Å². The molecule has 0 amide bonds. The molecule has 0 bridgehead atoms. The van der Waals surface area contributed by atoms with Gasteiger partial charge in [0.25, 0.3) is 0 Å². The van der Waals surface area contributed by atoms with Gasteiger partial charge in [0.05, 0.1) is 19.1 Å². The van der Waals surface area contributed by atoms with Gasteiger partial charge in [0.15, 0.2) is 11.6 Å². The second kappa shape index (κ2) is 11.1. The van der Waals surface area contributed by atoms with Crippen LogP contribution in [0, 0.1) is 0 Å². The van der Waals surface area contributed by atoms with Crippen LogP contribution in [0.4, 0.5) is 0 Å². The Kier molecular flexibility index (Phi) is 10.4. The molecule has 0 aliphatic heterocycles. The lowest BCUT2D eigenvalue weighted by molar-refractivity contribution is -0.125. The summed E-state index contributed by atoms with van der Waals surface area (Å²) < 4.78 is 3.15. The summed E-state index contributed by atoms with van der Waals surface area (Å²) in [5.41, 5.74) is 0.853. The number of Topliss-reactive ketones (excluding diaryl/α,β-unsaturated/α-hetero) is 3. The van der Waals surface area contributed by atoms with E-state index in [0.717, 1.165) is 17.4 Å². The van der Waals surface area contributed by atoms with Crippen LogP contribution in [-0.4, -0.2) is 28.3 Å². The van der Waals surface area contributed by atoms with E-state index in [4.69, 9.17) is 39.5 Å². The molecule has 1 aromatic rings. The topological polar surface area (TPSA) is 60.4 Å². The van der Waals surface area contributed by atoms with Crippen LogP contribution in [0.15, 0.2) is 42.5 Å². The Hall–Kier alpha value is -1.62. The van der Waals surface area contributed by atoms with Gasteiger partial charge in [0.2, 0.25) is 3.79 Å². The van der Waals surface area contributed by atoms with Crippen molar-refractivity contribution in [1.82, 2.24) is 0 Å². The number of allylic oxidation sites excluding steroid dienone is 2. The molecular weight excluding hydrogens is 387 g/mol. The Labute approximate surface area is 162 Å². The minimum Gasteiger partial charge on any atom is -0.497 e. The Morgan fingerprint density at radius 1 is 1.12 bits per heavy atom. The quantitative estimate of drug-likeness (QED) is 0.296. The molecule has 136 valence electrons. The van der Waals surface area contributed by atoms with E-state index in [9.17, 15) is 14.4 Å². The van der Waals surface area contributed by atoms with Crippen LogP contribution >= 0.6 is 34.8 Å². The Bertz CT molecular complexity index is 656. The maximum absolute atomic E-state index is 11.4. The number of ketones is 3. The number of hydrogen-bond acceptors (Lipinski definition) is 4. The van der Waals surface area contributed by atoms with E-state index in [-0.39, 0.29) is 17.8 Å². The predicted octanol–water partition coefficient (Wildman–Crippen LogP) is 4.76. The molecule has 0 atom stereocenters. The molecule has 0 aliphatic rings. The Morgan fingerprint density at radius 3 is 1.96 bits per heavy atom. The van der Waals surface area contributed by atoms with Crippen molar-refractivity contribution >= 4 is 58.2 Å². The number of alkyl halides is 3. The average Bonchev–Trinajstić information content (AvgIpc) is 2.51. The van der Waals surface area contributed by atoms with E-state index in [1.165, 1.54) is 13.8 Å². The van der Waals surface area contributed by atoms with E-state index >= 15 is 0 Å². The van der Waals surface area contributed by atoms with Crippen molar-refractivity contribution in [2.24, 2.45) is 0 Å². The Balaban J connectivity index is 0.000000496. The predicted molar refractivity (Wildman–Crippen MR) is 102 cm³/mol. The first-order valence-electron chi connectivity index (χ1n) is 7.09. The first-order chi connectivity index (χ1) is 11.5. The van der Waals surface area contributed by atoms with Crippen molar-refractivity contribution in [3.63, 3.8) is 0 Å². The molecule has 0 aliphatic carbocycles. The van der Waals surface area contributed by atoms with Crippen LogP contribution in [0.2, 0.25) is 0 Å². The maximum Gasteiger partial charge on any atom is 0.210 e. The number of hydrogen-bond donors (Lipinski definition) is 0. The molecule has 0 radical (unpaired) electrons. The number of benzene rings is 1. The smallest absolute Gasteiger partial charge is 0.210 e. The van der Waals surface area contributed by atoms with E-state index in [0.29, 0.717) is 0 Å². The lowest BCUT2D eigenvalue weighted by atomic mass is 10.0. The first-order valence-corrected chi connectivity index (χ1v) is 8.23. The summed E-state index contributed by atoms with van der Waals surface area (Å²) in [4.78, 5) is 33.1. The van der Waals surface area contributed by atoms with Gasteiger partial charge in [-0.25, -0.2) is 0 Å². The monoisotopic (exact) mass is 404 g/mol. The van der Waals surface area contributed by atoms with Crippen LogP contribution in [0.1, 0.15) is 25.8 Å². The van der Waals surface area contributed by atoms with Gasteiger partial charge in [0.1, 0.15) is 11.5 Å². The summed E-state index contributed by atoms with van der Waals surface area (Å²) >= 11 is 16.3. The highest BCUT2D eigenvalue weighted by Crippen LogP contribution is 2.29. The van der Waals surface area contributed by atoms with Gasteiger partial charge < -0.3 is 4.74 Å². The summed E-state index contributed by atoms with van der Waals surface area (Å²) in [6, 6.07) is 7.76. The van der Waals surface area contributed by atoms with Crippen LogP contribution < -0.4 is 4.74 Å². The number of rotatable bonds is 6. The molecule has 1 rings (SSSR count). The zero-order valence-electron chi connectivity index (χ0n) is 14.1. The van der Waals surface area contributed by atoms with Gasteiger partial charge in [-0.15, -0.1) is 0 Å². The third kappa shape index (κ3) is 10.8. The third-order valence-electron chi connectivity index (χ3n) is 2.75. The fourth-order valence-corrected chi connectivity index (χ4v) is 1.93. The van der Waals surface area contributed by atoms with E-state index in [1.807, 2.05) is 24.3 Å². The number of halogens is 3. The van der Waals surface area contributed by atoms with E-state index in [1.54, 1.807) is 13.2 Å². The molecule has 1 aromatic carbocycles. The molecule has 0 spiro atoms. The summed E-state index contributed by atoms with van der Waals surface area (Å²) in [5.74, 6) is -0.643. The molecule has 0 unspecified atom stereocenters. The maximum atomic E-state index is 11.4. The molecule has 0 saturated heterocycles. The van der Waals surface area contributed by atoms with Gasteiger partial charge >= 0.3 is 0 Å². The molecule has 25 heavy (non-hydrogen) atoms. The van der Waals surface area contributed by atoms with E-state index < -0.39 is 15.4 Å². The molecule has 4 nitrogen and oxygen atoms in total. The summed E-state index contributed by atoms with van der Waals surface area (Å²) in [6.45, 7) is 6.05. The molecule has 0 saturated carbocycles. The van der Waals surface area contributed by atoms with Crippen LogP contribution in [-0.2, 0) is 14.4 Å². The van der Waals surface area contributed by atoms with Gasteiger partial charge in [-0.05, 0) is 37.6 Å². The fourth-order valence-electron chi connectivity index (χ4n) is 1.60. The molecular formula is C18H19Cl3O4. The van der Waals surface area contributed by atoms with Crippen molar-refractivity contribution in [2.75, 3.05) is 7.11 Å². The second-order valence-electron chi connectivity index (χ2n) is 4.94. The normalized spacial score (nSPS) is 11.0.